The van der Waals surface area contributed by atoms with E-state index in [9.17, 15) is 13.2 Å². The lowest BCUT2D eigenvalue weighted by atomic mass is 10.0. The minimum absolute atomic E-state index is 0.461. The largest absolute Gasteiger partial charge is 0.416 e. The van der Waals surface area contributed by atoms with Gasteiger partial charge in [0.25, 0.3) is 0 Å². The van der Waals surface area contributed by atoms with E-state index in [1.807, 2.05) is 42.5 Å². The molecule has 1 nitrogen and oxygen atoms in total. The van der Waals surface area contributed by atoms with Crippen LogP contribution in [0.5, 0.6) is 0 Å². The Morgan fingerprint density at radius 2 is 1.55 bits per heavy atom. The fourth-order valence-electron chi connectivity index (χ4n) is 2.45. The van der Waals surface area contributed by atoms with E-state index in [0.29, 0.717) is 12.2 Å². The Bertz CT molecular complexity index is 788. The summed E-state index contributed by atoms with van der Waals surface area (Å²) in [4.78, 5) is 0. The zero-order chi connectivity index (χ0) is 15.6. The number of alkyl halides is 3. The van der Waals surface area contributed by atoms with Crippen molar-refractivity contribution in [2.45, 2.75) is 12.7 Å². The number of nitrogens with one attached hydrogen (secondary N) is 1. The van der Waals surface area contributed by atoms with Gasteiger partial charge in [-0.3, -0.25) is 0 Å². The van der Waals surface area contributed by atoms with E-state index in [-0.39, 0.29) is 0 Å². The molecule has 3 aromatic carbocycles. The van der Waals surface area contributed by atoms with E-state index in [1.165, 1.54) is 6.07 Å². The molecule has 0 radical (unpaired) electrons. The summed E-state index contributed by atoms with van der Waals surface area (Å²) in [5, 5.41) is 5.28. The second kappa shape index (κ2) is 5.72. The van der Waals surface area contributed by atoms with Crippen molar-refractivity contribution in [3.8, 4) is 0 Å². The summed E-state index contributed by atoms with van der Waals surface area (Å²) < 4.78 is 38.1. The van der Waals surface area contributed by atoms with Gasteiger partial charge < -0.3 is 5.32 Å². The first-order valence-electron chi connectivity index (χ1n) is 6.92. The third-order valence-corrected chi connectivity index (χ3v) is 3.55. The zero-order valence-corrected chi connectivity index (χ0v) is 11.7. The van der Waals surface area contributed by atoms with Crippen molar-refractivity contribution in [3.63, 3.8) is 0 Å². The Morgan fingerprint density at radius 3 is 2.36 bits per heavy atom. The average Bonchev–Trinajstić information content (AvgIpc) is 2.52. The molecule has 0 spiro atoms. The van der Waals surface area contributed by atoms with Crippen LogP contribution in [-0.2, 0) is 12.7 Å². The number of anilines is 1. The number of rotatable bonds is 3. The van der Waals surface area contributed by atoms with Crippen LogP contribution in [0.15, 0.2) is 66.7 Å². The molecule has 0 aliphatic heterocycles. The van der Waals surface area contributed by atoms with Gasteiger partial charge in [0.1, 0.15) is 0 Å². The van der Waals surface area contributed by atoms with Crippen LogP contribution in [0.25, 0.3) is 10.8 Å². The second-order valence-corrected chi connectivity index (χ2v) is 5.07. The Morgan fingerprint density at radius 1 is 0.818 bits per heavy atom. The molecule has 0 saturated carbocycles. The molecule has 3 rings (SSSR count). The van der Waals surface area contributed by atoms with E-state index >= 15 is 0 Å². The van der Waals surface area contributed by atoms with Gasteiger partial charge in [-0.2, -0.15) is 13.2 Å². The monoisotopic (exact) mass is 301 g/mol. The van der Waals surface area contributed by atoms with Crippen LogP contribution in [0, 0.1) is 0 Å². The molecule has 0 amide bonds. The molecule has 0 unspecified atom stereocenters. The van der Waals surface area contributed by atoms with Crippen molar-refractivity contribution in [2.75, 3.05) is 5.32 Å². The van der Waals surface area contributed by atoms with Gasteiger partial charge in [-0.05, 0) is 34.5 Å². The number of hydrogen-bond donors (Lipinski definition) is 1. The first-order valence-corrected chi connectivity index (χ1v) is 6.92. The Kier molecular flexibility index (Phi) is 3.75. The van der Waals surface area contributed by atoms with Crippen molar-refractivity contribution in [1.82, 2.24) is 0 Å². The highest BCUT2D eigenvalue weighted by Crippen LogP contribution is 2.30. The van der Waals surface area contributed by atoms with Crippen molar-refractivity contribution >= 4 is 16.5 Å². The summed E-state index contributed by atoms with van der Waals surface area (Å²) in [6.07, 6.45) is -4.32. The summed E-state index contributed by atoms with van der Waals surface area (Å²) in [7, 11) is 0. The lowest BCUT2D eigenvalue weighted by Gasteiger charge is -2.12. The number of fused-ring (bicyclic) bond motifs is 1. The number of hydrogen-bond acceptors (Lipinski definition) is 1. The Hall–Kier alpha value is -2.49. The van der Waals surface area contributed by atoms with Gasteiger partial charge in [0.05, 0.1) is 5.56 Å². The molecule has 4 heteroatoms. The zero-order valence-electron chi connectivity index (χ0n) is 11.7. The minimum atomic E-state index is -4.32. The smallest absolute Gasteiger partial charge is 0.381 e. The molecule has 0 aliphatic carbocycles. The highest BCUT2D eigenvalue weighted by Gasteiger charge is 2.30. The molecule has 3 aromatic rings. The van der Waals surface area contributed by atoms with E-state index < -0.39 is 11.7 Å². The van der Waals surface area contributed by atoms with Crippen LogP contribution in [0.4, 0.5) is 18.9 Å². The minimum Gasteiger partial charge on any atom is -0.381 e. The lowest BCUT2D eigenvalue weighted by molar-refractivity contribution is -0.137. The summed E-state index contributed by atoms with van der Waals surface area (Å²) in [6, 6.07) is 19.1. The Balaban J connectivity index is 1.83. The number of benzene rings is 3. The predicted octanol–water partition coefficient (Wildman–Crippen LogP) is 5.47. The van der Waals surface area contributed by atoms with Crippen LogP contribution in [-0.4, -0.2) is 0 Å². The van der Waals surface area contributed by atoms with Gasteiger partial charge in [0.15, 0.2) is 0 Å². The van der Waals surface area contributed by atoms with Gasteiger partial charge in [0, 0.05) is 12.2 Å². The van der Waals surface area contributed by atoms with Gasteiger partial charge in [0.2, 0.25) is 0 Å². The molecule has 0 heterocycles. The maximum atomic E-state index is 12.7. The fourth-order valence-corrected chi connectivity index (χ4v) is 2.45. The van der Waals surface area contributed by atoms with Gasteiger partial charge in [-0.15, -0.1) is 0 Å². The SMILES string of the molecule is FC(F)(F)c1cccc(NCc2cccc3ccccc23)c1. The van der Waals surface area contributed by atoms with Crippen LogP contribution in [0.1, 0.15) is 11.1 Å². The van der Waals surface area contributed by atoms with Crippen LogP contribution < -0.4 is 5.32 Å². The highest BCUT2D eigenvalue weighted by atomic mass is 19.4. The Labute approximate surface area is 126 Å². The lowest BCUT2D eigenvalue weighted by Crippen LogP contribution is -2.06. The topological polar surface area (TPSA) is 12.0 Å². The average molecular weight is 301 g/mol. The highest BCUT2D eigenvalue weighted by molar-refractivity contribution is 5.85. The van der Waals surface area contributed by atoms with Crippen LogP contribution in [0.3, 0.4) is 0 Å². The third-order valence-electron chi connectivity index (χ3n) is 3.55. The summed E-state index contributed by atoms with van der Waals surface area (Å²) in [5.41, 5.74) is 0.869. The van der Waals surface area contributed by atoms with Crippen LogP contribution >= 0.6 is 0 Å². The second-order valence-electron chi connectivity index (χ2n) is 5.07. The first-order chi connectivity index (χ1) is 10.5. The molecule has 22 heavy (non-hydrogen) atoms. The van der Waals surface area contributed by atoms with Crippen molar-refractivity contribution < 1.29 is 13.2 Å². The van der Waals surface area contributed by atoms with Gasteiger partial charge in [-0.25, -0.2) is 0 Å². The summed E-state index contributed by atoms with van der Waals surface area (Å²) in [6.45, 7) is 0.475. The molecule has 0 bridgehead atoms. The molecule has 0 atom stereocenters. The molecular formula is C18H14F3N. The molecule has 0 fully saturated rings. The van der Waals surface area contributed by atoms with Crippen molar-refractivity contribution in [1.29, 1.82) is 0 Å². The van der Waals surface area contributed by atoms with E-state index in [2.05, 4.69) is 5.32 Å². The standard InChI is InChI=1S/C18H14F3N/c19-18(20,21)15-8-4-9-16(11-15)22-12-14-7-3-6-13-5-1-2-10-17(13)14/h1-11,22H,12H2. The van der Waals surface area contributed by atoms with Crippen molar-refractivity contribution in [3.05, 3.63) is 77.9 Å². The maximum absolute atomic E-state index is 12.7. The summed E-state index contributed by atoms with van der Waals surface area (Å²) in [5.74, 6) is 0. The molecule has 0 aromatic heterocycles. The fraction of sp³-hybridized carbons (Fsp3) is 0.111. The normalized spacial score (nSPS) is 11.6. The quantitative estimate of drug-likeness (QED) is 0.676. The van der Waals surface area contributed by atoms with Crippen molar-refractivity contribution in [2.24, 2.45) is 0 Å². The maximum Gasteiger partial charge on any atom is 0.416 e. The number of halogens is 3. The van der Waals surface area contributed by atoms with E-state index in [4.69, 9.17) is 0 Å². The van der Waals surface area contributed by atoms with Gasteiger partial charge in [-0.1, -0.05) is 48.5 Å². The van der Waals surface area contributed by atoms with Crippen LogP contribution in [0.2, 0.25) is 0 Å². The molecule has 0 saturated heterocycles. The van der Waals surface area contributed by atoms with E-state index in [1.54, 1.807) is 6.07 Å². The van der Waals surface area contributed by atoms with E-state index in [0.717, 1.165) is 28.5 Å². The predicted molar refractivity (Wildman–Crippen MR) is 82.7 cm³/mol. The van der Waals surface area contributed by atoms with Gasteiger partial charge >= 0.3 is 6.18 Å². The molecule has 112 valence electrons. The molecule has 0 aliphatic rings. The first kappa shape index (κ1) is 14.4. The third kappa shape index (κ3) is 3.06. The molecule has 1 N–H and O–H groups in total. The molecular weight excluding hydrogens is 287 g/mol. The summed E-state index contributed by atoms with van der Waals surface area (Å²) >= 11 is 0.